The fraction of sp³-hybridized carbons (Fsp3) is 0.294. The van der Waals surface area contributed by atoms with Gasteiger partial charge in [0.05, 0.1) is 0 Å². The number of ether oxygens (including phenoxy) is 2. The molecule has 2 aromatic carbocycles. The van der Waals surface area contributed by atoms with Crippen LogP contribution in [0, 0.1) is 0 Å². The van der Waals surface area contributed by atoms with E-state index < -0.39 is 6.10 Å². The molecule has 0 spiro atoms. The number of halogens is 1. The van der Waals surface area contributed by atoms with Crippen LogP contribution in [0.4, 0.5) is 0 Å². The Balaban J connectivity index is 1.73. The molecular formula is C17H19ClO3. The lowest BCUT2D eigenvalue weighted by Gasteiger charge is -2.14. The van der Waals surface area contributed by atoms with Crippen molar-refractivity contribution in [3.05, 3.63) is 59.1 Å². The summed E-state index contributed by atoms with van der Waals surface area (Å²) in [4.78, 5) is 0. The van der Waals surface area contributed by atoms with Gasteiger partial charge in [0, 0.05) is 5.02 Å². The first-order valence-electron chi connectivity index (χ1n) is 6.95. The van der Waals surface area contributed by atoms with Crippen LogP contribution in [0.3, 0.4) is 0 Å². The highest BCUT2D eigenvalue weighted by Gasteiger charge is 2.07. The average molecular weight is 307 g/mol. The Labute approximate surface area is 130 Å². The molecule has 0 heterocycles. The molecule has 4 heteroatoms. The van der Waals surface area contributed by atoms with Crippen molar-refractivity contribution in [3.63, 3.8) is 0 Å². The summed E-state index contributed by atoms with van der Waals surface area (Å²) in [7, 11) is 0. The van der Waals surface area contributed by atoms with Crippen molar-refractivity contribution in [2.24, 2.45) is 0 Å². The highest BCUT2D eigenvalue weighted by atomic mass is 35.5. The van der Waals surface area contributed by atoms with E-state index in [1.165, 1.54) is 5.56 Å². The van der Waals surface area contributed by atoms with Crippen LogP contribution in [0.5, 0.6) is 11.5 Å². The lowest BCUT2D eigenvalue weighted by molar-refractivity contribution is 0.0626. The minimum absolute atomic E-state index is 0.175. The third-order valence-electron chi connectivity index (χ3n) is 3.03. The Morgan fingerprint density at radius 1 is 0.905 bits per heavy atom. The number of hydrogen-bond acceptors (Lipinski definition) is 3. The van der Waals surface area contributed by atoms with E-state index in [0.29, 0.717) is 10.8 Å². The molecule has 2 aromatic rings. The zero-order valence-electron chi connectivity index (χ0n) is 12.0. The van der Waals surface area contributed by atoms with Crippen molar-refractivity contribution < 1.29 is 14.6 Å². The quantitative estimate of drug-likeness (QED) is 0.847. The number of aliphatic hydroxyl groups is 1. The Kier molecular flexibility index (Phi) is 5.90. The summed E-state index contributed by atoms with van der Waals surface area (Å²) in [6.07, 6.45) is 0.309. The first-order chi connectivity index (χ1) is 10.2. The van der Waals surface area contributed by atoms with Crippen LogP contribution >= 0.6 is 11.6 Å². The van der Waals surface area contributed by atoms with Crippen molar-refractivity contribution in [1.82, 2.24) is 0 Å². The van der Waals surface area contributed by atoms with E-state index in [1.807, 2.05) is 24.3 Å². The van der Waals surface area contributed by atoms with Gasteiger partial charge >= 0.3 is 0 Å². The normalized spacial score (nSPS) is 12.0. The summed E-state index contributed by atoms with van der Waals surface area (Å²) >= 11 is 5.79. The number of benzene rings is 2. The molecule has 0 amide bonds. The molecule has 0 bridgehead atoms. The zero-order chi connectivity index (χ0) is 15.1. The van der Waals surface area contributed by atoms with Crippen molar-refractivity contribution in [2.45, 2.75) is 19.4 Å². The zero-order valence-corrected chi connectivity index (χ0v) is 12.7. The van der Waals surface area contributed by atoms with Crippen molar-refractivity contribution in [1.29, 1.82) is 0 Å². The lowest BCUT2D eigenvalue weighted by Crippen LogP contribution is -2.25. The van der Waals surface area contributed by atoms with Crippen LogP contribution in [-0.4, -0.2) is 24.4 Å². The summed E-state index contributed by atoms with van der Waals surface area (Å²) in [6.45, 7) is 2.47. The Hall–Kier alpha value is -1.71. The third kappa shape index (κ3) is 5.29. The van der Waals surface area contributed by atoms with Crippen LogP contribution in [0.15, 0.2) is 48.5 Å². The molecule has 0 radical (unpaired) electrons. The lowest BCUT2D eigenvalue weighted by atomic mass is 10.2. The van der Waals surface area contributed by atoms with Crippen LogP contribution in [0.1, 0.15) is 12.5 Å². The molecule has 1 unspecified atom stereocenters. The van der Waals surface area contributed by atoms with Crippen LogP contribution < -0.4 is 9.47 Å². The van der Waals surface area contributed by atoms with Crippen molar-refractivity contribution in [3.8, 4) is 11.5 Å². The van der Waals surface area contributed by atoms with E-state index in [4.69, 9.17) is 21.1 Å². The molecule has 2 rings (SSSR count). The van der Waals surface area contributed by atoms with Crippen LogP contribution in [0.2, 0.25) is 5.02 Å². The fourth-order valence-corrected chi connectivity index (χ4v) is 1.91. The van der Waals surface area contributed by atoms with E-state index in [9.17, 15) is 5.11 Å². The molecule has 0 saturated heterocycles. The fourth-order valence-electron chi connectivity index (χ4n) is 1.79. The average Bonchev–Trinajstić information content (AvgIpc) is 2.53. The second-order valence-electron chi connectivity index (χ2n) is 4.73. The van der Waals surface area contributed by atoms with E-state index in [0.717, 1.165) is 12.2 Å². The van der Waals surface area contributed by atoms with Gasteiger partial charge in [0.25, 0.3) is 0 Å². The molecule has 0 fully saturated rings. The van der Waals surface area contributed by atoms with Crippen LogP contribution in [-0.2, 0) is 6.42 Å². The van der Waals surface area contributed by atoms with Gasteiger partial charge in [-0.3, -0.25) is 0 Å². The highest BCUT2D eigenvalue weighted by molar-refractivity contribution is 6.30. The van der Waals surface area contributed by atoms with Gasteiger partial charge in [0.1, 0.15) is 30.8 Å². The maximum Gasteiger partial charge on any atom is 0.122 e. The minimum atomic E-state index is -0.688. The summed E-state index contributed by atoms with van der Waals surface area (Å²) in [6, 6.07) is 14.9. The molecule has 0 aliphatic rings. The maximum absolute atomic E-state index is 9.85. The number of aliphatic hydroxyl groups excluding tert-OH is 1. The van der Waals surface area contributed by atoms with Gasteiger partial charge in [-0.05, 0) is 48.4 Å². The molecule has 0 aliphatic heterocycles. The van der Waals surface area contributed by atoms with Gasteiger partial charge < -0.3 is 14.6 Å². The van der Waals surface area contributed by atoms with E-state index in [2.05, 4.69) is 6.92 Å². The number of rotatable bonds is 7. The standard InChI is InChI=1S/C17H19ClO3/c1-2-13-3-7-16(8-4-13)20-11-15(19)12-21-17-9-5-14(18)6-10-17/h3-10,15,19H,2,11-12H2,1H3. The van der Waals surface area contributed by atoms with Gasteiger partial charge in [0.2, 0.25) is 0 Å². The van der Waals surface area contributed by atoms with Gasteiger partial charge in [0.15, 0.2) is 0 Å². The molecule has 1 N–H and O–H groups in total. The van der Waals surface area contributed by atoms with E-state index in [1.54, 1.807) is 24.3 Å². The molecule has 0 aliphatic carbocycles. The second kappa shape index (κ2) is 7.91. The van der Waals surface area contributed by atoms with Crippen molar-refractivity contribution >= 4 is 11.6 Å². The summed E-state index contributed by atoms with van der Waals surface area (Å²) in [5, 5.41) is 10.5. The first kappa shape index (κ1) is 15.7. The monoisotopic (exact) mass is 306 g/mol. The summed E-state index contributed by atoms with van der Waals surface area (Å²) in [5.41, 5.74) is 1.26. The topological polar surface area (TPSA) is 38.7 Å². The first-order valence-corrected chi connectivity index (χ1v) is 7.33. The van der Waals surface area contributed by atoms with Crippen LogP contribution in [0.25, 0.3) is 0 Å². The van der Waals surface area contributed by atoms with Gasteiger partial charge in [-0.15, -0.1) is 0 Å². The predicted octanol–water partition coefficient (Wildman–Crippen LogP) is 3.72. The second-order valence-corrected chi connectivity index (χ2v) is 5.16. The number of aryl methyl sites for hydroxylation is 1. The molecule has 1 atom stereocenters. The molecule has 112 valence electrons. The summed E-state index contributed by atoms with van der Waals surface area (Å²) in [5.74, 6) is 1.42. The predicted molar refractivity (Wildman–Crippen MR) is 84.3 cm³/mol. The molecular weight excluding hydrogens is 288 g/mol. The molecule has 0 saturated carbocycles. The molecule has 21 heavy (non-hydrogen) atoms. The van der Waals surface area contributed by atoms with Gasteiger partial charge in [-0.1, -0.05) is 30.7 Å². The Morgan fingerprint density at radius 3 is 1.86 bits per heavy atom. The molecule has 3 nitrogen and oxygen atoms in total. The van der Waals surface area contributed by atoms with Crippen molar-refractivity contribution in [2.75, 3.05) is 13.2 Å². The maximum atomic E-state index is 9.85. The van der Waals surface area contributed by atoms with Gasteiger partial charge in [-0.2, -0.15) is 0 Å². The Morgan fingerprint density at radius 2 is 1.38 bits per heavy atom. The smallest absolute Gasteiger partial charge is 0.122 e. The Bertz CT molecular complexity index is 537. The van der Waals surface area contributed by atoms with E-state index in [-0.39, 0.29) is 13.2 Å². The molecule has 0 aromatic heterocycles. The highest BCUT2D eigenvalue weighted by Crippen LogP contribution is 2.16. The van der Waals surface area contributed by atoms with E-state index >= 15 is 0 Å². The third-order valence-corrected chi connectivity index (χ3v) is 3.28. The SMILES string of the molecule is CCc1ccc(OCC(O)COc2ccc(Cl)cc2)cc1. The summed E-state index contributed by atoms with van der Waals surface area (Å²) < 4.78 is 11.0. The van der Waals surface area contributed by atoms with Gasteiger partial charge in [-0.25, -0.2) is 0 Å². The number of hydrogen-bond donors (Lipinski definition) is 1. The minimum Gasteiger partial charge on any atom is -0.491 e. The largest absolute Gasteiger partial charge is 0.491 e.